The van der Waals surface area contributed by atoms with Crippen molar-refractivity contribution < 1.29 is 17.9 Å². The first-order valence-corrected chi connectivity index (χ1v) is 8.98. The molecule has 1 unspecified atom stereocenters. The molecule has 2 heterocycles. The highest BCUT2D eigenvalue weighted by Crippen LogP contribution is 2.36. The van der Waals surface area contributed by atoms with Gasteiger partial charge in [0.1, 0.15) is 0 Å². The molecule has 0 saturated heterocycles. The Morgan fingerprint density at radius 2 is 1.78 bits per heavy atom. The van der Waals surface area contributed by atoms with Crippen molar-refractivity contribution in [2.75, 3.05) is 6.79 Å². The molecule has 0 aromatic heterocycles. The van der Waals surface area contributed by atoms with Crippen LogP contribution < -0.4 is 9.47 Å². The largest absolute Gasteiger partial charge is 0.454 e. The number of hydrogen-bond acceptors (Lipinski definition) is 4. The zero-order valence-corrected chi connectivity index (χ0v) is 13.5. The summed E-state index contributed by atoms with van der Waals surface area (Å²) in [5.41, 5.74) is 2.28. The molecule has 4 rings (SSSR count). The average molecular weight is 331 g/mol. The van der Waals surface area contributed by atoms with Crippen LogP contribution in [0.15, 0.2) is 47.4 Å². The normalized spacial score (nSPS) is 20.3. The van der Waals surface area contributed by atoms with Crippen molar-refractivity contribution in [1.82, 2.24) is 4.31 Å². The third-order valence-electron chi connectivity index (χ3n) is 4.40. The topological polar surface area (TPSA) is 55.8 Å². The Balaban J connectivity index is 1.72. The zero-order valence-electron chi connectivity index (χ0n) is 12.7. The van der Waals surface area contributed by atoms with Gasteiger partial charge < -0.3 is 9.47 Å². The summed E-state index contributed by atoms with van der Waals surface area (Å²) in [5, 5.41) is 0. The van der Waals surface area contributed by atoms with Gasteiger partial charge in [-0.3, -0.25) is 0 Å². The second-order valence-electron chi connectivity index (χ2n) is 5.89. The van der Waals surface area contributed by atoms with Crippen molar-refractivity contribution >= 4 is 10.0 Å². The number of rotatable bonds is 2. The van der Waals surface area contributed by atoms with E-state index in [0.29, 0.717) is 18.0 Å². The zero-order chi connectivity index (χ0) is 16.0. The summed E-state index contributed by atoms with van der Waals surface area (Å²) in [7, 11) is -3.58. The Labute approximate surface area is 135 Å². The van der Waals surface area contributed by atoms with Crippen LogP contribution in [0.1, 0.15) is 18.1 Å². The Hall–Kier alpha value is -2.05. The summed E-state index contributed by atoms with van der Waals surface area (Å²) in [4.78, 5) is 0.244. The molecule has 2 aromatic rings. The fourth-order valence-corrected chi connectivity index (χ4v) is 4.77. The second kappa shape index (κ2) is 5.25. The number of benzene rings is 2. The predicted octanol–water partition coefficient (Wildman–Crippen LogP) is 2.55. The Bertz CT molecular complexity index is 863. The van der Waals surface area contributed by atoms with E-state index in [4.69, 9.17) is 9.47 Å². The van der Waals surface area contributed by atoms with E-state index in [1.807, 2.05) is 25.1 Å². The van der Waals surface area contributed by atoms with E-state index in [0.717, 1.165) is 12.0 Å². The van der Waals surface area contributed by atoms with E-state index in [9.17, 15) is 8.42 Å². The van der Waals surface area contributed by atoms with Crippen molar-refractivity contribution in [2.24, 2.45) is 0 Å². The van der Waals surface area contributed by atoms with E-state index < -0.39 is 10.0 Å². The Kier molecular flexibility index (Phi) is 3.32. The van der Waals surface area contributed by atoms with Crippen molar-refractivity contribution in [3.8, 4) is 11.5 Å². The van der Waals surface area contributed by atoms with Gasteiger partial charge in [0, 0.05) is 18.7 Å². The minimum atomic E-state index is -3.58. The van der Waals surface area contributed by atoms with E-state index in [-0.39, 0.29) is 17.7 Å². The minimum absolute atomic E-state index is 0.0830. The molecule has 2 aromatic carbocycles. The summed E-state index contributed by atoms with van der Waals surface area (Å²) in [6, 6.07) is 12.7. The Morgan fingerprint density at radius 3 is 2.61 bits per heavy atom. The first-order valence-electron chi connectivity index (χ1n) is 7.54. The van der Waals surface area contributed by atoms with Crippen molar-refractivity contribution in [1.29, 1.82) is 0 Å². The van der Waals surface area contributed by atoms with Gasteiger partial charge >= 0.3 is 0 Å². The second-order valence-corrected chi connectivity index (χ2v) is 7.78. The third kappa shape index (κ3) is 2.38. The minimum Gasteiger partial charge on any atom is -0.454 e. The van der Waals surface area contributed by atoms with Crippen LogP contribution in [0, 0.1) is 0 Å². The highest BCUT2D eigenvalue weighted by molar-refractivity contribution is 7.89. The molecule has 0 amide bonds. The maximum Gasteiger partial charge on any atom is 0.243 e. The number of ether oxygens (including phenoxy) is 2. The number of nitrogens with zero attached hydrogens (tertiary/aromatic N) is 1. The van der Waals surface area contributed by atoms with Crippen molar-refractivity contribution in [2.45, 2.75) is 30.8 Å². The number of hydrogen-bond donors (Lipinski definition) is 0. The molecular formula is C17H17NO4S. The van der Waals surface area contributed by atoms with Gasteiger partial charge in [-0.2, -0.15) is 4.31 Å². The van der Waals surface area contributed by atoms with Crippen LogP contribution >= 0.6 is 0 Å². The molecule has 0 aliphatic carbocycles. The quantitative estimate of drug-likeness (QED) is 0.849. The number of sulfonamides is 1. The molecule has 0 fully saturated rings. The first-order chi connectivity index (χ1) is 11.1. The molecule has 2 aliphatic rings. The van der Waals surface area contributed by atoms with Crippen LogP contribution in [0.25, 0.3) is 0 Å². The molecule has 0 radical (unpaired) electrons. The first kappa shape index (κ1) is 14.5. The third-order valence-corrected chi connectivity index (χ3v) is 6.36. The fourth-order valence-electron chi connectivity index (χ4n) is 3.15. The SMILES string of the molecule is CC1Cc2ccccc2CN1S(=O)(=O)c1ccc2c(c1)OCO2. The monoisotopic (exact) mass is 331 g/mol. The molecule has 6 heteroatoms. The van der Waals surface area contributed by atoms with Crippen LogP contribution in [0.5, 0.6) is 11.5 Å². The standard InChI is InChI=1S/C17H17NO4S/c1-12-8-13-4-2-3-5-14(13)10-18(12)23(19,20)15-6-7-16-17(9-15)22-11-21-16/h2-7,9,12H,8,10-11H2,1H3. The molecule has 23 heavy (non-hydrogen) atoms. The van der Waals surface area contributed by atoms with E-state index in [1.165, 1.54) is 5.56 Å². The van der Waals surface area contributed by atoms with Crippen LogP contribution in [0.3, 0.4) is 0 Å². The van der Waals surface area contributed by atoms with Gasteiger partial charge in [-0.25, -0.2) is 8.42 Å². The van der Waals surface area contributed by atoms with Gasteiger partial charge in [-0.15, -0.1) is 0 Å². The van der Waals surface area contributed by atoms with E-state index in [2.05, 4.69) is 6.07 Å². The average Bonchev–Trinajstić information content (AvgIpc) is 3.01. The van der Waals surface area contributed by atoms with E-state index in [1.54, 1.807) is 22.5 Å². The lowest BCUT2D eigenvalue weighted by atomic mass is 9.97. The van der Waals surface area contributed by atoms with Gasteiger partial charge in [0.05, 0.1) is 4.90 Å². The van der Waals surface area contributed by atoms with Crippen LogP contribution in [0.2, 0.25) is 0 Å². The van der Waals surface area contributed by atoms with Gasteiger partial charge in [-0.05, 0) is 36.6 Å². The van der Waals surface area contributed by atoms with Crippen LogP contribution in [-0.2, 0) is 23.0 Å². The molecule has 0 saturated carbocycles. The summed E-state index contributed by atoms with van der Waals surface area (Å²) < 4.78 is 38.2. The predicted molar refractivity (Wildman–Crippen MR) is 84.9 cm³/mol. The van der Waals surface area contributed by atoms with E-state index >= 15 is 0 Å². The lowest BCUT2D eigenvalue weighted by Gasteiger charge is -2.33. The molecule has 120 valence electrons. The maximum absolute atomic E-state index is 13.0. The van der Waals surface area contributed by atoms with Gasteiger partial charge in [-0.1, -0.05) is 24.3 Å². The van der Waals surface area contributed by atoms with Crippen LogP contribution in [-0.4, -0.2) is 25.6 Å². The molecule has 0 bridgehead atoms. The summed E-state index contributed by atoms with van der Waals surface area (Å²) in [5.74, 6) is 1.07. The van der Waals surface area contributed by atoms with Gasteiger partial charge in [0.2, 0.25) is 16.8 Å². The van der Waals surface area contributed by atoms with Crippen molar-refractivity contribution in [3.05, 3.63) is 53.6 Å². The highest BCUT2D eigenvalue weighted by Gasteiger charge is 2.34. The summed E-state index contributed by atoms with van der Waals surface area (Å²) in [6.07, 6.45) is 0.722. The maximum atomic E-state index is 13.0. The molecule has 0 N–H and O–H groups in total. The molecule has 5 nitrogen and oxygen atoms in total. The number of fused-ring (bicyclic) bond motifs is 2. The molecule has 1 atom stereocenters. The lowest BCUT2D eigenvalue weighted by molar-refractivity contribution is 0.174. The van der Waals surface area contributed by atoms with Gasteiger partial charge in [0.25, 0.3) is 0 Å². The highest BCUT2D eigenvalue weighted by atomic mass is 32.2. The lowest BCUT2D eigenvalue weighted by Crippen LogP contribution is -2.42. The smallest absolute Gasteiger partial charge is 0.243 e. The molecule has 0 spiro atoms. The molecule has 2 aliphatic heterocycles. The summed E-state index contributed by atoms with van der Waals surface area (Å²) >= 11 is 0. The summed E-state index contributed by atoms with van der Waals surface area (Å²) in [6.45, 7) is 2.47. The van der Waals surface area contributed by atoms with Crippen LogP contribution in [0.4, 0.5) is 0 Å². The van der Waals surface area contributed by atoms with Gasteiger partial charge in [0.15, 0.2) is 11.5 Å². The fraction of sp³-hybridized carbons (Fsp3) is 0.294. The Morgan fingerprint density at radius 1 is 1.04 bits per heavy atom. The molecular weight excluding hydrogens is 314 g/mol. The van der Waals surface area contributed by atoms with Crippen molar-refractivity contribution in [3.63, 3.8) is 0 Å².